The van der Waals surface area contributed by atoms with Crippen LogP contribution in [0.2, 0.25) is 0 Å². The molecule has 7 heteroatoms. The number of aryl methyl sites for hydroxylation is 1. The molecule has 0 amide bonds. The number of imidazole rings is 1. The molecule has 3 aromatic rings. The molecule has 0 atom stereocenters. The smallest absolute Gasteiger partial charge is 0.313 e. The number of hydrogen-bond donors (Lipinski definition) is 0. The van der Waals surface area contributed by atoms with E-state index in [9.17, 15) is 12.8 Å². The summed E-state index contributed by atoms with van der Waals surface area (Å²) in [6, 6.07) is 10.3. The fourth-order valence-electron chi connectivity index (χ4n) is 2.17. The summed E-state index contributed by atoms with van der Waals surface area (Å²) in [5, 5.41) is 0. The molecule has 5 nitrogen and oxygen atoms in total. The van der Waals surface area contributed by atoms with Gasteiger partial charge in [-0.2, -0.15) is 8.42 Å². The van der Waals surface area contributed by atoms with E-state index in [-0.39, 0.29) is 5.75 Å². The number of hydrogen-bond acceptors (Lipinski definition) is 4. The third kappa shape index (κ3) is 3.09. The third-order valence-electron chi connectivity index (χ3n) is 3.15. The molecule has 0 bridgehead atoms. The van der Waals surface area contributed by atoms with E-state index >= 15 is 0 Å². The lowest BCUT2D eigenvalue weighted by atomic mass is 10.2. The van der Waals surface area contributed by atoms with Gasteiger partial charge in [0.1, 0.15) is 17.3 Å². The van der Waals surface area contributed by atoms with Crippen molar-refractivity contribution in [3.63, 3.8) is 0 Å². The Kier molecular flexibility index (Phi) is 3.58. The summed E-state index contributed by atoms with van der Waals surface area (Å²) in [5.74, 6) is -0.699. The van der Waals surface area contributed by atoms with Crippen molar-refractivity contribution in [3.05, 3.63) is 60.2 Å². The molecular weight excluding hydrogens is 307 g/mol. The van der Waals surface area contributed by atoms with Gasteiger partial charge in [0.05, 0.1) is 17.4 Å². The minimum Gasteiger partial charge on any atom is -0.382 e. The average molecular weight is 320 g/mol. The van der Waals surface area contributed by atoms with Crippen LogP contribution < -0.4 is 4.18 Å². The van der Waals surface area contributed by atoms with E-state index in [1.165, 1.54) is 24.3 Å². The Labute approximate surface area is 127 Å². The van der Waals surface area contributed by atoms with E-state index in [2.05, 4.69) is 4.98 Å². The standard InChI is InChI=1S/C15H13FN2O3S/c1-18-10-17-14-8-13(5-6-15(14)18)21-22(19,20)9-11-3-2-4-12(16)7-11/h2-8,10H,9H2,1H3. The summed E-state index contributed by atoms with van der Waals surface area (Å²) in [5.41, 5.74) is 1.84. The number of halogens is 1. The number of benzene rings is 2. The van der Waals surface area contributed by atoms with Crippen LogP contribution in [0.4, 0.5) is 4.39 Å². The van der Waals surface area contributed by atoms with Gasteiger partial charge in [0, 0.05) is 13.1 Å². The second-order valence-electron chi connectivity index (χ2n) is 4.92. The summed E-state index contributed by atoms with van der Waals surface area (Å²) < 4.78 is 44.1. The summed E-state index contributed by atoms with van der Waals surface area (Å²) in [4.78, 5) is 4.14. The van der Waals surface area contributed by atoms with Gasteiger partial charge in [-0.3, -0.25) is 0 Å². The van der Waals surface area contributed by atoms with Crippen LogP contribution in [0, 0.1) is 5.82 Å². The number of aromatic nitrogens is 2. The fourth-order valence-corrected chi connectivity index (χ4v) is 3.22. The van der Waals surface area contributed by atoms with Gasteiger partial charge in [0.25, 0.3) is 0 Å². The molecule has 0 unspecified atom stereocenters. The van der Waals surface area contributed by atoms with E-state index in [1.807, 2.05) is 11.6 Å². The molecule has 0 fully saturated rings. The minimum absolute atomic E-state index is 0.183. The third-order valence-corrected chi connectivity index (χ3v) is 4.29. The quantitative estimate of drug-likeness (QED) is 0.693. The molecule has 0 saturated heterocycles. The molecule has 2 aromatic carbocycles. The van der Waals surface area contributed by atoms with Crippen molar-refractivity contribution >= 4 is 21.2 Å². The first-order chi connectivity index (χ1) is 10.4. The molecule has 3 rings (SSSR count). The molecule has 1 heterocycles. The van der Waals surface area contributed by atoms with E-state index in [1.54, 1.807) is 24.5 Å². The van der Waals surface area contributed by atoms with E-state index < -0.39 is 21.7 Å². The summed E-state index contributed by atoms with van der Waals surface area (Å²) in [6.07, 6.45) is 1.63. The maximum Gasteiger partial charge on any atom is 0.313 e. The first kappa shape index (κ1) is 14.5. The monoisotopic (exact) mass is 320 g/mol. The molecule has 114 valence electrons. The minimum atomic E-state index is -3.87. The van der Waals surface area contributed by atoms with Gasteiger partial charge in [0.2, 0.25) is 0 Å². The predicted octanol–water partition coefficient (Wildman–Crippen LogP) is 2.62. The van der Waals surface area contributed by atoms with Crippen molar-refractivity contribution in [1.82, 2.24) is 9.55 Å². The maximum atomic E-state index is 13.1. The first-order valence-electron chi connectivity index (χ1n) is 6.51. The number of fused-ring (bicyclic) bond motifs is 1. The van der Waals surface area contributed by atoms with Gasteiger partial charge in [0.15, 0.2) is 0 Å². The van der Waals surface area contributed by atoms with Gasteiger partial charge in [-0.15, -0.1) is 0 Å². The van der Waals surface area contributed by atoms with Gasteiger partial charge in [-0.1, -0.05) is 12.1 Å². The van der Waals surface area contributed by atoms with Crippen LogP contribution in [-0.4, -0.2) is 18.0 Å². The van der Waals surface area contributed by atoms with E-state index in [0.29, 0.717) is 11.1 Å². The Bertz CT molecular complexity index is 935. The molecule has 0 saturated carbocycles. The van der Waals surface area contributed by atoms with Gasteiger partial charge < -0.3 is 8.75 Å². The highest BCUT2D eigenvalue weighted by atomic mass is 32.2. The van der Waals surface area contributed by atoms with Gasteiger partial charge in [-0.25, -0.2) is 9.37 Å². The molecule has 1 aromatic heterocycles. The Hall–Kier alpha value is -2.41. The van der Waals surface area contributed by atoms with Crippen LogP contribution in [0.1, 0.15) is 5.56 Å². The van der Waals surface area contributed by atoms with Gasteiger partial charge in [-0.05, 0) is 29.8 Å². The molecular formula is C15H13FN2O3S. The lowest BCUT2D eigenvalue weighted by molar-refractivity contribution is 0.485. The first-order valence-corrected chi connectivity index (χ1v) is 8.08. The Balaban J connectivity index is 1.83. The molecule has 22 heavy (non-hydrogen) atoms. The van der Waals surface area contributed by atoms with Crippen LogP contribution in [-0.2, 0) is 22.9 Å². The highest BCUT2D eigenvalue weighted by Gasteiger charge is 2.15. The van der Waals surface area contributed by atoms with E-state index in [4.69, 9.17) is 4.18 Å². The highest BCUT2D eigenvalue weighted by molar-refractivity contribution is 7.86. The Morgan fingerprint density at radius 1 is 1.23 bits per heavy atom. The highest BCUT2D eigenvalue weighted by Crippen LogP contribution is 2.21. The zero-order chi connectivity index (χ0) is 15.7. The van der Waals surface area contributed by atoms with E-state index in [0.717, 1.165) is 5.52 Å². The van der Waals surface area contributed by atoms with Crippen molar-refractivity contribution in [2.45, 2.75) is 5.75 Å². The van der Waals surface area contributed by atoms with Crippen molar-refractivity contribution in [2.75, 3.05) is 0 Å². The number of rotatable bonds is 4. The number of nitrogens with zero attached hydrogens (tertiary/aromatic N) is 2. The lowest BCUT2D eigenvalue weighted by Crippen LogP contribution is -2.12. The second-order valence-corrected chi connectivity index (χ2v) is 6.49. The van der Waals surface area contributed by atoms with Crippen LogP contribution in [0.5, 0.6) is 5.75 Å². The van der Waals surface area contributed by atoms with Crippen molar-refractivity contribution in [1.29, 1.82) is 0 Å². The summed E-state index contributed by atoms with van der Waals surface area (Å²) in [7, 11) is -2.02. The normalized spacial score (nSPS) is 11.7. The molecule has 0 spiro atoms. The van der Waals surface area contributed by atoms with Crippen molar-refractivity contribution < 1.29 is 17.0 Å². The fraction of sp³-hybridized carbons (Fsp3) is 0.133. The molecule has 0 aliphatic rings. The maximum absolute atomic E-state index is 13.1. The molecule has 0 aliphatic carbocycles. The summed E-state index contributed by atoms with van der Waals surface area (Å²) in [6.45, 7) is 0. The van der Waals surface area contributed by atoms with Crippen LogP contribution in [0.15, 0.2) is 48.8 Å². The topological polar surface area (TPSA) is 61.2 Å². The zero-order valence-electron chi connectivity index (χ0n) is 11.7. The van der Waals surface area contributed by atoms with Crippen LogP contribution in [0.3, 0.4) is 0 Å². The van der Waals surface area contributed by atoms with Crippen molar-refractivity contribution in [2.24, 2.45) is 7.05 Å². The average Bonchev–Trinajstić information content (AvgIpc) is 2.79. The van der Waals surface area contributed by atoms with Gasteiger partial charge >= 0.3 is 10.1 Å². The Morgan fingerprint density at radius 2 is 2.05 bits per heavy atom. The summed E-state index contributed by atoms with van der Waals surface area (Å²) >= 11 is 0. The van der Waals surface area contributed by atoms with Crippen LogP contribution >= 0.6 is 0 Å². The molecule has 0 aliphatic heterocycles. The van der Waals surface area contributed by atoms with Crippen LogP contribution in [0.25, 0.3) is 11.0 Å². The van der Waals surface area contributed by atoms with Crippen molar-refractivity contribution in [3.8, 4) is 5.75 Å². The Morgan fingerprint density at radius 3 is 2.82 bits per heavy atom. The second kappa shape index (κ2) is 5.42. The molecule has 0 radical (unpaired) electrons. The largest absolute Gasteiger partial charge is 0.382 e. The molecule has 0 N–H and O–H groups in total. The lowest BCUT2D eigenvalue weighted by Gasteiger charge is -2.07. The predicted molar refractivity (Wildman–Crippen MR) is 80.4 cm³/mol. The SMILES string of the molecule is Cn1cnc2cc(OS(=O)(=O)Cc3cccc(F)c3)ccc21. The zero-order valence-corrected chi connectivity index (χ0v) is 12.5.